The first-order chi connectivity index (χ1) is 19.5. The quantitative estimate of drug-likeness (QED) is 0.326. The van der Waals surface area contributed by atoms with Crippen molar-refractivity contribution >= 4 is 39.1 Å². The molecule has 1 atom stereocenters. The smallest absolute Gasteiger partial charge is 0.244 e. The monoisotopic (exact) mass is 599 g/mol. The van der Waals surface area contributed by atoms with Gasteiger partial charge >= 0.3 is 0 Å². The second-order valence-electron chi connectivity index (χ2n) is 10.5. The van der Waals surface area contributed by atoms with Crippen molar-refractivity contribution in [3.05, 3.63) is 100 Å². The summed E-state index contributed by atoms with van der Waals surface area (Å²) in [4.78, 5) is 29.3. The van der Waals surface area contributed by atoms with Gasteiger partial charge in [-0.1, -0.05) is 73.0 Å². The van der Waals surface area contributed by atoms with Gasteiger partial charge in [0.15, 0.2) is 0 Å². The summed E-state index contributed by atoms with van der Waals surface area (Å²) in [5.74, 6) is -1.50. The average molecular weight is 600 g/mol. The molecule has 1 aliphatic rings. The van der Waals surface area contributed by atoms with Crippen molar-refractivity contribution in [2.24, 2.45) is 0 Å². The molecule has 0 aliphatic heterocycles. The van der Waals surface area contributed by atoms with Gasteiger partial charge in [0.05, 0.1) is 11.9 Å². The lowest BCUT2D eigenvalue weighted by atomic mass is 10.0. The third-order valence-electron chi connectivity index (χ3n) is 7.38. The van der Waals surface area contributed by atoms with E-state index in [9.17, 15) is 22.4 Å². The Bertz CT molecular complexity index is 1480. The predicted molar refractivity (Wildman–Crippen MR) is 160 cm³/mol. The fourth-order valence-electron chi connectivity index (χ4n) is 5.23. The third-order valence-corrected chi connectivity index (χ3v) is 8.74. The van der Waals surface area contributed by atoms with Crippen LogP contribution < -0.4 is 9.62 Å². The van der Waals surface area contributed by atoms with Crippen LogP contribution in [0.5, 0.6) is 0 Å². The molecule has 0 heterocycles. The summed E-state index contributed by atoms with van der Waals surface area (Å²) < 4.78 is 41.8. The first-order valence-corrected chi connectivity index (χ1v) is 15.9. The molecule has 0 spiro atoms. The van der Waals surface area contributed by atoms with Crippen molar-refractivity contribution in [2.45, 2.75) is 57.7 Å². The van der Waals surface area contributed by atoms with Crippen LogP contribution in [-0.2, 0) is 32.6 Å². The number of nitrogens with zero attached hydrogens (tertiary/aromatic N) is 2. The Morgan fingerprint density at radius 1 is 1.02 bits per heavy atom. The number of anilines is 1. The van der Waals surface area contributed by atoms with E-state index in [2.05, 4.69) is 5.32 Å². The molecule has 0 saturated heterocycles. The minimum absolute atomic E-state index is 0.00424. The molecule has 4 rings (SSSR count). The van der Waals surface area contributed by atoms with Crippen molar-refractivity contribution in [1.82, 2.24) is 10.2 Å². The first-order valence-electron chi connectivity index (χ1n) is 13.6. The highest BCUT2D eigenvalue weighted by molar-refractivity contribution is 7.92. The largest absolute Gasteiger partial charge is 0.352 e. The maximum atomic E-state index is 14.9. The molecule has 3 aromatic carbocycles. The number of amides is 2. The molecule has 1 aliphatic carbocycles. The summed E-state index contributed by atoms with van der Waals surface area (Å²) in [6.45, 7) is 0.921. The van der Waals surface area contributed by atoms with Crippen molar-refractivity contribution < 1.29 is 22.4 Å². The molecule has 0 bridgehead atoms. The molecule has 7 nitrogen and oxygen atoms in total. The lowest BCUT2D eigenvalue weighted by molar-refractivity contribution is -0.140. The number of hydrogen-bond donors (Lipinski definition) is 1. The number of benzene rings is 3. The maximum Gasteiger partial charge on any atom is 0.244 e. The van der Waals surface area contributed by atoms with Crippen molar-refractivity contribution in [1.29, 1.82) is 0 Å². The van der Waals surface area contributed by atoms with E-state index in [4.69, 9.17) is 11.6 Å². The summed E-state index contributed by atoms with van der Waals surface area (Å²) in [7, 11) is -3.92. The molecule has 1 N–H and O–H groups in total. The predicted octanol–water partition coefficient (Wildman–Crippen LogP) is 5.25. The molecule has 3 aromatic rings. The van der Waals surface area contributed by atoms with Gasteiger partial charge in [-0.3, -0.25) is 13.9 Å². The van der Waals surface area contributed by atoms with Gasteiger partial charge in [-0.2, -0.15) is 0 Å². The number of aryl methyl sites for hydroxylation is 1. The second kappa shape index (κ2) is 13.5. The first kappa shape index (κ1) is 30.5. The van der Waals surface area contributed by atoms with Crippen LogP contribution in [0.1, 0.15) is 42.4 Å². The summed E-state index contributed by atoms with van der Waals surface area (Å²) in [5, 5.41) is 3.52. The standard InChI is InChI=1S/C31H35ClFN3O4S/c1-22-18-25(32)16-17-28(22)36(41(2,39)40)21-30(37)35(20-24-12-6-9-15-27(24)33)29(19-23-10-4-3-5-11-23)31(38)34-26-13-7-8-14-26/h3-6,9-12,15-18,26,29H,7-8,13-14,19-21H2,1-2H3,(H,34,38)/t29-/m0/s1. The molecule has 0 radical (unpaired) electrons. The Balaban J connectivity index is 1.75. The number of halogens is 2. The number of sulfonamides is 1. The molecule has 1 saturated carbocycles. The van der Waals surface area contributed by atoms with Gasteiger partial charge in [-0.15, -0.1) is 0 Å². The summed E-state index contributed by atoms with van der Waals surface area (Å²) in [5.41, 5.74) is 1.90. The van der Waals surface area contributed by atoms with E-state index >= 15 is 0 Å². The van der Waals surface area contributed by atoms with Crippen LogP contribution in [0.4, 0.5) is 10.1 Å². The molecule has 0 unspecified atom stereocenters. The molecular weight excluding hydrogens is 565 g/mol. The topological polar surface area (TPSA) is 86.8 Å². The zero-order valence-electron chi connectivity index (χ0n) is 23.2. The minimum atomic E-state index is -3.92. The summed E-state index contributed by atoms with van der Waals surface area (Å²) >= 11 is 6.10. The molecule has 41 heavy (non-hydrogen) atoms. The van der Waals surface area contributed by atoms with Gasteiger partial charge in [0.2, 0.25) is 21.8 Å². The van der Waals surface area contributed by atoms with Crippen LogP contribution in [0.3, 0.4) is 0 Å². The number of rotatable bonds is 11. The normalized spacial score (nSPS) is 14.4. The Kier molecular flexibility index (Phi) is 10.0. The minimum Gasteiger partial charge on any atom is -0.352 e. The highest BCUT2D eigenvalue weighted by Crippen LogP contribution is 2.27. The van der Waals surface area contributed by atoms with Crippen LogP contribution in [0.25, 0.3) is 0 Å². The second-order valence-corrected chi connectivity index (χ2v) is 12.9. The van der Waals surface area contributed by atoms with E-state index < -0.39 is 34.3 Å². The van der Waals surface area contributed by atoms with E-state index in [0.717, 1.165) is 41.8 Å². The highest BCUT2D eigenvalue weighted by Gasteiger charge is 2.34. The lowest BCUT2D eigenvalue weighted by Gasteiger charge is -2.34. The van der Waals surface area contributed by atoms with Gasteiger partial charge in [0.25, 0.3) is 0 Å². The van der Waals surface area contributed by atoms with Crippen LogP contribution >= 0.6 is 11.6 Å². The third kappa shape index (κ3) is 8.07. The van der Waals surface area contributed by atoms with Crippen LogP contribution in [0, 0.1) is 12.7 Å². The zero-order valence-corrected chi connectivity index (χ0v) is 24.8. The van der Waals surface area contributed by atoms with Gasteiger partial charge in [0, 0.05) is 29.6 Å². The summed E-state index contributed by atoms with van der Waals surface area (Å²) in [6, 6.07) is 19.0. The maximum absolute atomic E-state index is 14.9. The molecular formula is C31H35ClFN3O4S. The van der Waals surface area contributed by atoms with E-state index in [-0.39, 0.29) is 30.5 Å². The Morgan fingerprint density at radius 2 is 1.68 bits per heavy atom. The molecule has 1 fully saturated rings. The van der Waals surface area contributed by atoms with E-state index in [1.807, 2.05) is 30.3 Å². The Hall–Kier alpha value is -3.43. The fraction of sp³-hybridized carbons (Fsp3) is 0.355. The number of carbonyl (C=O) groups is 2. The van der Waals surface area contributed by atoms with E-state index in [0.29, 0.717) is 16.3 Å². The van der Waals surface area contributed by atoms with Gasteiger partial charge in [-0.25, -0.2) is 12.8 Å². The molecule has 2 amide bonds. The fourth-order valence-corrected chi connectivity index (χ4v) is 6.36. The van der Waals surface area contributed by atoms with Gasteiger partial charge in [0.1, 0.15) is 18.4 Å². The van der Waals surface area contributed by atoms with Gasteiger partial charge < -0.3 is 10.2 Å². The molecule has 218 valence electrons. The lowest BCUT2D eigenvalue weighted by Crippen LogP contribution is -2.54. The number of nitrogens with one attached hydrogen (secondary N) is 1. The average Bonchev–Trinajstić information content (AvgIpc) is 3.43. The van der Waals surface area contributed by atoms with Gasteiger partial charge in [-0.05, 0) is 55.2 Å². The van der Waals surface area contributed by atoms with Crippen LogP contribution in [0.2, 0.25) is 5.02 Å². The van der Waals surface area contributed by atoms with Crippen molar-refractivity contribution in [3.8, 4) is 0 Å². The Morgan fingerprint density at radius 3 is 2.32 bits per heavy atom. The molecule has 10 heteroatoms. The van der Waals surface area contributed by atoms with E-state index in [1.54, 1.807) is 43.3 Å². The summed E-state index contributed by atoms with van der Waals surface area (Å²) in [6.07, 6.45) is 4.92. The zero-order chi connectivity index (χ0) is 29.6. The Labute approximate surface area is 246 Å². The van der Waals surface area contributed by atoms with E-state index in [1.165, 1.54) is 11.0 Å². The SMILES string of the molecule is Cc1cc(Cl)ccc1N(CC(=O)N(Cc1ccccc1F)[C@@H](Cc1ccccc1)C(=O)NC1CCCC1)S(C)(=O)=O. The number of hydrogen-bond acceptors (Lipinski definition) is 4. The number of carbonyl (C=O) groups excluding carboxylic acids is 2. The highest BCUT2D eigenvalue weighted by atomic mass is 35.5. The molecule has 0 aromatic heterocycles. The van der Waals surface area contributed by atoms with Crippen LogP contribution in [0.15, 0.2) is 72.8 Å². The van der Waals surface area contributed by atoms with Crippen molar-refractivity contribution in [3.63, 3.8) is 0 Å². The van der Waals surface area contributed by atoms with Crippen molar-refractivity contribution in [2.75, 3.05) is 17.1 Å². The van der Waals surface area contributed by atoms with Crippen LogP contribution in [-0.4, -0.2) is 50.0 Å².